The molecule has 2 amide bonds. The van der Waals surface area contributed by atoms with E-state index in [2.05, 4.69) is 10.0 Å². The number of benzene rings is 2. The molecule has 2 aliphatic rings. The molecule has 0 saturated heterocycles. The van der Waals surface area contributed by atoms with Gasteiger partial charge in [-0.15, -0.1) is 0 Å². The predicted octanol–water partition coefficient (Wildman–Crippen LogP) is 2.85. The number of amides is 2. The molecular formula is C23H27N3O4S. The van der Waals surface area contributed by atoms with Gasteiger partial charge in [-0.05, 0) is 60.6 Å². The molecule has 1 atom stereocenters. The second-order valence-electron chi connectivity index (χ2n) is 8.43. The van der Waals surface area contributed by atoms with Gasteiger partial charge in [0.25, 0.3) is 0 Å². The van der Waals surface area contributed by atoms with E-state index in [4.69, 9.17) is 0 Å². The first-order valence-electron chi connectivity index (χ1n) is 10.6. The first-order valence-corrected chi connectivity index (χ1v) is 12.1. The van der Waals surface area contributed by atoms with Crippen LogP contribution >= 0.6 is 0 Å². The highest BCUT2D eigenvalue weighted by molar-refractivity contribution is 7.89. The van der Waals surface area contributed by atoms with Crippen molar-refractivity contribution in [1.29, 1.82) is 0 Å². The van der Waals surface area contributed by atoms with Crippen LogP contribution in [-0.4, -0.2) is 32.8 Å². The van der Waals surface area contributed by atoms with Gasteiger partial charge in [-0.1, -0.05) is 32.0 Å². The van der Waals surface area contributed by atoms with Crippen LogP contribution < -0.4 is 14.9 Å². The summed E-state index contributed by atoms with van der Waals surface area (Å²) in [5, 5.41) is 2.81. The number of carbonyl (C=O) groups is 2. The Bertz CT molecular complexity index is 1130. The molecule has 2 aromatic rings. The lowest BCUT2D eigenvalue weighted by Gasteiger charge is -2.27. The molecule has 2 heterocycles. The van der Waals surface area contributed by atoms with Gasteiger partial charge in [-0.25, -0.2) is 8.42 Å². The van der Waals surface area contributed by atoms with E-state index in [9.17, 15) is 18.0 Å². The minimum Gasteiger partial charge on any atom is -0.326 e. The van der Waals surface area contributed by atoms with Crippen molar-refractivity contribution in [3.05, 3.63) is 53.6 Å². The highest BCUT2D eigenvalue weighted by Crippen LogP contribution is 2.29. The second-order valence-corrected chi connectivity index (χ2v) is 10.1. The number of sulfonamides is 1. The molecule has 1 unspecified atom stereocenters. The molecule has 164 valence electrons. The number of aryl methyl sites for hydroxylation is 1. The van der Waals surface area contributed by atoms with Crippen molar-refractivity contribution in [1.82, 2.24) is 4.72 Å². The number of anilines is 2. The fraction of sp³-hybridized carbons (Fsp3) is 0.391. The standard InChI is InChI=1S/C23H27N3O4S/c1-15(2)22(23(28)26-13-12-16-6-3-4-8-20(16)26)25-31(29,30)18-10-11-19-17(14-18)7-5-9-21(27)24-19/h3-4,6,8,10-11,14-15,22,25H,5,7,9,12-13H2,1-2H3,(H,24,27). The van der Waals surface area contributed by atoms with Crippen LogP contribution in [-0.2, 0) is 32.5 Å². The number of nitrogens with one attached hydrogen (secondary N) is 2. The van der Waals surface area contributed by atoms with Crippen molar-refractivity contribution in [2.24, 2.45) is 5.92 Å². The Morgan fingerprint density at radius 3 is 2.61 bits per heavy atom. The van der Waals surface area contributed by atoms with Crippen molar-refractivity contribution in [2.45, 2.75) is 50.5 Å². The summed E-state index contributed by atoms with van der Waals surface area (Å²) >= 11 is 0. The monoisotopic (exact) mass is 441 g/mol. The first-order chi connectivity index (χ1) is 14.8. The Balaban J connectivity index is 1.59. The van der Waals surface area contributed by atoms with Crippen molar-refractivity contribution in [3.63, 3.8) is 0 Å². The smallest absolute Gasteiger partial charge is 0.245 e. The quantitative estimate of drug-likeness (QED) is 0.746. The Morgan fingerprint density at radius 1 is 1.06 bits per heavy atom. The highest BCUT2D eigenvalue weighted by Gasteiger charge is 2.35. The van der Waals surface area contributed by atoms with E-state index in [0.717, 1.165) is 23.2 Å². The predicted molar refractivity (Wildman–Crippen MR) is 119 cm³/mol. The van der Waals surface area contributed by atoms with Gasteiger partial charge in [0, 0.05) is 24.3 Å². The van der Waals surface area contributed by atoms with Crippen molar-refractivity contribution in [2.75, 3.05) is 16.8 Å². The van der Waals surface area contributed by atoms with Gasteiger partial charge in [-0.3, -0.25) is 9.59 Å². The van der Waals surface area contributed by atoms with Gasteiger partial charge in [0.1, 0.15) is 6.04 Å². The van der Waals surface area contributed by atoms with E-state index in [1.165, 1.54) is 6.07 Å². The molecule has 0 radical (unpaired) electrons. The summed E-state index contributed by atoms with van der Waals surface area (Å²) in [6.07, 6.45) is 2.46. The van der Waals surface area contributed by atoms with Crippen LogP contribution in [0.25, 0.3) is 0 Å². The van der Waals surface area contributed by atoms with Crippen LogP contribution in [0.15, 0.2) is 47.4 Å². The van der Waals surface area contributed by atoms with Crippen molar-refractivity contribution >= 4 is 33.2 Å². The SMILES string of the molecule is CC(C)C(NS(=O)(=O)c1ccc2c(c1)CCCC(=O)N2)C(=O)N1CCc2ccccc21. The number of hydrogen-bond acceptors (Lipinski definition) is 4. The van der Waals surface area contributed by atoms with E-state index in [-0.39, 0.29) is 22.6 Å². The highest BCUT2D eigenvalue weighted by atomic mass is 32.2. The molecule has 4 rings (SSSR count). The van der Waals surface area contributed by atoms with Crippen LogP contribution in [0.5, 0.6) is 0 Å². The summed E-state index contributed by atoms with van der Waals surface area (Å²) in [5.74, 6) is -0.537. The van der Waals surface area contributed by atoms with E-state index < -0.39 is 16.1 Å². The Kier molecular flexibility index (Phi) is 5.85. The third-order valence-electron chi connectivity index (χ3n) is 5.88. The minimum atomic E-state index is -3.93. The average molecular weight is 442 g/mol. The van der Waals surface area contributed by atoms with Gasteiger partial charge < -0.3 is 10.2 Å². The zero-order chi connectivity index (χ0) is 22.2. The zero-order valence-electron chi connectivity index (χ0n) is 17.7. The summed E-state index contributed by atoms with van der Waals surface area (Å²) in [6.45, 7) is 4.21. The lowest BCUT2D eigenvalue weighted by molar-refractivity contribution is -0.121. The van der Waals surface area contributed by atoms with E-state index in [1.54, 1.807) is 17.0 Å². The number of rotatable bonds is 5. The molecule has 0 aliphatic carbocycles. The molecule has 7 nitrogen and oxygen atoms in total. The molecule has 2 aliphatic heterocycles. The van der Waals surface area contributed by atoms with Crippen LogP contribution in [0.2, 0.25) is 0 Å². The van der Waals surface area contributed by atoms with Crippen LogP contribution in [0.1, 0.15) is 37.8 Å². The molecule has 0 aromatic heterocycles. The normalized spacial score (nSPS) is 17.0. The number of carbonyl (C=O) groups excluding carboxylic acids is 2. The maximum Gasteiger partial charge on any atom is 0.245 e. The number of nitrogens with zero attached hydrogens (tertiary/aromatic N) is 1. The number of hydrogen-bond donors (Lipinski definition) is 2. The molecule has 0 spiro atoms. The van der Waals surface area contributed by atoms with Gasteiger partial charge in [0.2, 0.25) is 21.8 Å². The summed E-state index contributed by atoms with van der Waals surface area (Å²) in [5.41, 5.74) is 3.37. The summed E-state index contributed by atoms with van der Waals surface area (Å²) in [4.78, 5) is 26.9. The average Bonchev–Trinajstić information content (AvgIpc) is 3.07. The summed E-state index contributed by atoms with van der Waals surface area (Å²) < 4.78 is 29.0. The molecule has 8 heteroatoms. The fourth-order valence-electron chi connectivity index (χ4n) is 4.16. The molecule has 0 fully saturated rings. The van der Waals surface area contributed by atoms with Gasteiger partial charge in [0.05, 0.1) is 4.90 Å². The van der Waals surface area contributed by atoms with E-state index in [1.807, 2.05) is 38.1 Å². The maximum absolute atomic E-state index is 13.3. The van der Waals surface area contributed by atoms with E-state index >= 15 is 0 Å². The Morgan fingerprint density at radius 2 is 1.84 bits per heavy atom. The van der Waals surface area contributed by atoms with Gasteiger partial charge in [0.15, 0.2) is 0 Å². The topological polar surface area (TPSA) is 95.6 Å². The fourth-order valence-corrected chi connectivity index (χ4v) is 5.55. The lowest BCUT2D eigenvalue weighted by atomic mass is 10.0. The summed E-state index contributed by atoms with van der Waals surface area (Å²) in [6, 6.07) is 11.5. The first kappa shape index (κ1) is 21.5. The molecular weight excluding hydrogens is 414 g/mol. The largest absolute Gasteiger partial charge is 0.326 e. The van der Waals surface area contributed by atoms with E-state index in [0.29, 0.717) is 31.5 Å². The van der Waals surface area contributed by atoms with Gasteiger partial charge in [-0.2, -0.15) is 4.72 Å². The minimum absolute atomic E-state index is 0.0659. The van der Waals surface area contributed by atoms with Crippen LogP contribution in [0.4, 0.5) is 11.4 Å². The number of fused-ring (bicyclic) bond motifs is 2. The van der Waals surface area contributed by atoms with Crippen LogP contribution in [0, 0.1) is 5.92 Å². The van der Waals surface area contributed by atoms with Crippen molar-refractivity contribution < 1.29 is 18.0 Å². The molecule has 2 N–H and O–H groups in total. The lowest BCUT2D eigenvalue weighted by Crippen LogP contribution is -2.51. The molecule has 0 bridgehead atoms. The second kappa shape index (κ2) is 8.43. The third-order valence-corrected chi connectivity index (χ3v) is 7.32. The van der Waals surface area contributed by atoms with Crippen LogP contribution in [0.3, 0.4) is 0 Å². The third kappa shape index (κ3) is 4.36. The number of para-hydroxylation sites is 1. The Labute approximate surface area is 182 Å². The van der Waals surface area contributed by atoms with Crippen molar-refractivity contribution in [3.8, 4) is 0 Å². The Hall–Kier alpha value is -2.71. The molecule has 2 aromatic carbocycles. The summed E-state index contributed by atoms with van der Waals surface area (Å²) in [7, 11) is -3.93. The molecule has 31 heavy (non-hydrogen) atoms. The maximum atomic E-state index is 13.3. The zero-order valence-corrected chi connectivity index (χ0v) is 18.5. The molecule has 0 saturated carbocycles. The van der Waals surface area contributed by atoms with Gasteiger partial charge >= 0.3 is 0 Å².